The van der Waals surface area contributed by atoms with Crippen LogP contribution < -0.4 is 15.6 Å². The summed E-state index contributed by atoms with van der Waals surface area (Å²) in [6.07, 6.45) is -0.916. The summed E-state index contributed by atoms with van der Waals surface area (Å²) in [6.45, 7) is 1.74. The van der Waals surface area contributed by atoms with Crippen LogP contribution in [0.1, 0.15) is 23.8 Å². The molecule has 0 saturated heterocycles. The van der Waals surface area contributed by atoms with E-state index in [0.717, 1.165) is 5.56 Å². The molecule has 1 unspecified atom stereocenters. The molecule has 1 N–H and O–H groups in total. The van der Waals surface area contributed by atoms with Crippen LogP contribution in [0.2, 0.25) is 5.02 Å². The number of hydrogen-bond donors (Lipinski definition) is 1. The van der Waals surface area contributed by atoms with Crippen molar-refractivity contribution in [2.75, 3.05) is 12.4 Å². The van der Waals surface area contributed by atoms with E-state index in [2.05, 4.69) is 10.3 Å². The summed E-state index contributed by atoms with van der Waals surface area (Å²) < 4.78 is 12.4. The number of hydrogen-bond acceptors (Lipinski definition) is 7. The molecule has 0 bridgehead atoms. The van der Waals surface area contributed by atoms with Gasteiger partial charge in [0, 0.05) is 34.0 Å². The number of nitrogens with one attached hydrogen (secondary N) is 1. The quantitative estimate of drug-likeness (QED) is 0.206. The summed E-state index contributed by atoms with van der Waals surface area (Å²) in [5.74, 6) is -0.662. The van der Waals surface area contributed by atoms with Gasteiger partial charge in [-0.25, -0.2) is 9.78 Å². The molecule has 1 amide bonds. The van der Waals surface area contributed by atoms with E-state index in [1.54, 1.807) is 62.6 Å². The van der Waals surface area contributed by atoms with Gasteiger partial charge in [-0.05, 0) is 47.7 Å². The number of ether oxygens (including phenoxy) is 2. The number of methoxy groups -OCH3 is 1. The summed E-state index contributed by atoms with van der Waals surface area (Å²) in [5.41, 5.74) is 2.31. The molecule has 0 aliphatic rings. The third-order valence-electron chi connectivity index (χ3n) is 6.66. The molecule has 3 aromatic carbocycles. The Morgan fingerprint density at radius 1 is 1.02 bits per heavy atom. The van der Waals surface area contributed by atoms with E-state index < -0.39 is 18.0 Å². The number of carbonyl (C=O) groups is 2. The Balaban J connectivity index is 1.45. The number of para-hydroxylation sites is 1. The van der Waals surface area contributed by atoms with Crippen LogP contribution in [-0.2, 0) is 16.6 Å². The van der Waals surface area contributed by atoms with Gasteiger partial charge in [0.05, 0.1) is 12.8 Å². The van der Waals surface area contributed by atoms with Crippen LogP contribution in [-0.4, -0.2) is 34.6 Å². The Labute approximate surface area is 245 Å². The van der Waals surface area contributed by atoms with Crippen molar-refractivity contribution in [1.29, 1.82) is 0 Å². The van der Waals surface area contributed by atoms with Crippen LogP contribution in [0.5, 0.6) is 5.75 Å². The maximum Gasteiger partial charge on any atom is 0.356 e. The zero-order chi connectivity index (χ0) is 29.1. The fourth-order valence-corrected chi connectivity index (χ4v) is 5.46. The minimum atomic E-state index is -1.12. The molecule has 0 fully saturated rings. The van der Waals surface area contributed by atoms with Crippen molar-refractivity contribution in [1.82, 2.24) is 9.55 Å². The van der Waals surface area contributed by atoms with Crippen molar-refractivity contribution >= 4 is 50.7 Å². The zero-order valence-corrected chi connectivity index (χ0v) is 24.1. The number of esters is 1. The number of nitrogens with zero attached hydrogens (tertiary/aromatic N) is 2. The van der Waals surface area contributed by atoms with Gasteiger partial charge < -0.3 is 14.0 Å². The van der Waals surface area contributed by atoms with Gasteiger partial charge in [0.15, 0.2) is 11.2 Å². The predicted octanol–water partition coefficient (Wildman–Crippen LogP) is 6.57. The molecule has 10 heteroatoms. The molecule has 8 nitrogen and oxygen atoms in total. The Morgan fingerprint density at radius 2 is 1.71 bits per heavy atom. The number of rotatable bonds is 8. The molecule has 0 spiro atoms. The number of fused-ring (bicyclic) bond motifs is 1. The monoisotopic (exact) mass is 587 g/mol. The van der Waals surface area contributed by atoms with E-state index in [9.17, 15) is 14.4 Å². The van der Waals surface area contributed by atoms with Crippen molar-refractivity contribution < 1.29 is 19.1 Å². The van der Waals surface area contributed by atoms with Crippen molar-refractivity contribution in [2.45, 2.75) is 19.4 Å². The fourth-order valence-electron chi connectivity index (χ4n) is 4.62. The first kappa shape index (κ1) is 28.1. The normalized spacial score (nSPS) is 11.7. The number of carbonyl (C=O) groups excluding carboxylic acids is 2. The number of halogens is 1. The van der Waals surface area contributed by atoms with E-state index in [1.807, 2.05) is 29.6 Å². The number of benzene rings is 3. The molecule has 0 radical (unpaired) electrons. The molecule has 0 saturated carbocycles. The van der Waals surface area contributed by atoms with Crippen molar-refractivity contribution in [3.63, 3.8) is 0 Å². The van der Waals surface area contributed by atoms with E-state index in [4.69, 9.17) is 21.1 Å². The first-order chi connectivity index (χ1) is 19.8. The third kappa shape index (κ3) is 5.59. The smallest absolute Gasteiger partial charge is 0.356 e. The minimum absolute atomic E-state index is 0.0370. The maximum absolute atomic E-state index is 13.7. The van der Waals surface area contributed by atoms with Crippen LogP contribution in [0.15, 0.2) is 83.0 Å². The van der Waals surface area contributed by atoms with Gasteiger partial charge >= 0.3 is 5.97 Å². The third-order valence-corrected chi connectivity index (χ3v) is 7.67. The number of amides is 1. The van der Waals surface area contributed by atoms with Crippen molar-refractivity contribution in [3.05, 3.63) is 99.2 Å². The Bertz CT molecular complexity index is 1810. The van der Waals surface area contributed by atoms with E-state index in [1.165, 1.54) is 23.0 Å². The van der Waals surface area contributed by atoms with E-state index >= 15 is 0 Å². The second-order valence-corrected chi connectivity index (χ2v) is 10.5. The highest BCUT2D eigenvalue weighted by Crippen LogP contribution is 2.33. The largest absolute Gasteiger partial charge is 0.496 e. The highest BCUT2D eigenvalue weighted by atomic mass is 35.5. The van der Waals surface area contributed by atoms with E-state index in [-0.39, 0.29) is 17.7 Å². The lowest BCUT2D eigenvalue weighted by molar-refractivity contribution is -0.124. The maximum atomic E-state index is 13.7. The average molecular weight is 588 g/mol. The van der Waals surface area contributed by atoms with Crippen LogP contribution in [0, 0.1) is 0 Å². The van der Waals surface area contributed by atoms with Crippen molar-refractivity contribution in [2.24, 2.45) is 7.05 Å². The second-order valence-electron chi connectivity index (χ2n) is 9.17. The first-order valence-electron chi connectivity index (χ1n) is 12.8. The average Bonchev–Trinajstić information content (AvgIpc) is 3.46. The van der Waals surface area contributed by atoms with Gasteiger partial charge in [-0.1, -0.05) is 61.0 Å². The molecule has 2 heterocycles. The first-order valence-corrected chi connectivity index (χ1v) is 14.1. The standard InChI is InChI=1S/C31H26ClN3O5S/c1-4-24(28(36)34-31-33-23(17-41-31)22-11-7-8-12-25(22)39-3)40-30(38)27-26(18-13-15-19(32)16-14-18)20-9-5-6-10-21(20)29(37)35(27)2/h5-17,24H,4H2,1-3H3,(H,33,34,36). The Kier molecular flexibility index (Phi) is 8.19. The predicted molar refractivity (Wildman–Crippen MR) is 162 cm³/mol. The highest BCUT2D eigenvalue weighted by molar-refractivity contribution is 7.14. The SMILES string of the molecule is CCC(OC(=O)c1c(-c2ccc(Cl)cc2)c2ccccc2c(=O)n1C)C(=O)Nc1nc(-c2ccccc2OC)cs1. The summed E-state index contributed by atoms with van der Waals surface area (Å²) >= 11 is 7.36. The van der Waals surface area contributed by atoms with Crippen LogP contribution in [0.3, 0.4) is 0 Å². The van der Waals surface area contributed by atoms with Gasteiger partial charge in [-0.15, -0.1) is 11.3 Å². The molecule has 208 valence electrons. The molecule has 0 aliphatic carbocycles. The molecule has 0 aliphatic heterocycles. The molecule has 1 atom stereocenters. The molecule has 5 rings (SSSR count). The van der Waals surface area contributed by atoms with Gasteiger partial charge in [-0.3, -0.25) is 14.9 Å². The van der Waals surface area contributed by atoms with Crippen LogP contribution >= 0.6 is 22.9 Å². The number of aromatic nitrogens is 2. The summed E-state index contributed by atoms with van der Waals surface area (Å²) in [5, 5.41) is 6.49. The lowest BCUT2D eigenvalue weighted by Crippen LogP contribution is -2.34. The molecular formula is C31H26ClN3O5S. The van der Waals surface area contributed by atoms with Gasteiger partial charge in [0.1, 0.15) is 11.4 Å². The summed E-state index contributed by atoms with van der Waals surface area (Å²) in [4.78, 5) is 44.6. The number of thiazole rings is 1. The van der Waals surface area contributed by atoms with E-state index in [0.29, 0.717) is 43.5 Å². The zero-order valence-electron chi connectivity index (χ0n) is 22.5. The summed E-state index contributed by atoms with van der Waals surface area (Å²) in [6, 6.07) is 21.5. The number of anilines is 1. The topological polar surface area (TPSA) is 99.5 Å². The lowest BCUT2D eigenvalue weighted by Gasteiger charge is -2.20. The second kappa shape index (κ2) is 12.0. The van der Waals surface area contributed by atoms with Crippen molar-refractivity contribution in [3.8, 4) is 28.1 Å². The van der Waals surface area contributed by atoms with Gasteiger partial charge in [0.2, 0.25) is 0 Å². The van der Waals surface area contributed by atoms with Crippen LogP contribution in [0.25, 0.3) is 33.2 Å². The summed E-state index contributed by atoms with van der Waals surface area (Å²) in [7, 11) is 3.10. The molecule has 5 aromatic rings. The van der Waals surface area contributed by atoms with Gasteiger partial charge in [-0.2, -0.15) is 0 Å². The Morgan fingerprint density at radius 3 is 2.41 bits per heavy atom. The van der Waals surface area contributed by atoms with Crippen LogP contribution in [0.4, 0.5) is 5.13 Å². The molecular weight excluding hydrogens is 562 g/mol. The molecule has 2 aromatic heterocycles. The molecule has 41 heavy (non-hydrogen) atoms. The highest BCUT2D eigenvalue weighted by Gasteiger charge is 2.28. The lowest BCUT2D eigenvalue weighted by atomic mass is 9.96. The minimum Gasteiger partial charge on any atom is -0.496 e. The Hall–Kier alpha value is -4.47. The number of pyridine rings is 1. The fraction of sp³-hybridized carbons (Fsp3) is 0.161. The van der Waals surface area contributed by atoms with Gasteiger partial charge in [0.25, 0.3) is 11.5 Å².